The topological polar surface area (TPSA) is 50.2 Å². The van der Waals surface area contributed by atoms with Gasteiger partial charge in [0.05, 0.1) is 17.5 Å². The first-order valence-electron chi connectivity index (χ1n) is 6.13. The van der Waals surface area contributed by atoms with Crippen molar-refractivity contribution in [1.82, 2.24) is 20.0 Å². The van der Waals surface area contributed by atoms with Gasteiger partial charge in [-0.05, 0) is 5.92 Å². The number of carbonyl (C=O) groups excluding carboxylic acids is 1. The number of aryl methyl sites for hydroxylation is 1. The molecule has 17 heavy (non-hydrogen) atoms. The minimum absolute atomic E-state index is 0.114. The van der Waals surface area contributed by atoms with E-state index in [-0.39, 0.29) is 5.91 Å². The van der Waals surface area contributed by atoms with E-state index in [4.69, 9.17) is 0 Å². The maximum absolute atomic E-state index is 12.4. The fourth-order valence-corrected chi connectivity index (χ4v) is 2.33. The highest BCUT2D eigenvalue weighted by molar-refractivity contribution is 5.95. The quantitative estimate of drug-likeness (QED) is 0.817. The molecular formula is C12H20N4O. The Morgan fingerprint density at radius 1 is 1.41 bits per heavy atom. The van der Waals surface area contributed by atoms with Gasteiger partial charge >= 0.3 is 0 Å². The van der Waals surface area contributed by atoms with Crippen LogP contribution in [0, 0.1) is 0 Å². The van der Waals surface area contributed by atoms with E-state index in [1.54, 1.807) is 10.9 Å². The lowest BCUT2D eigenvalue weighted by molar-refractivity contribution is 0.0734. The number of hydrogen-bond acceptors (Lipinski definition) is 3. The van der Waals surface area contributed by atoms with Crippen LogP contribution in [0.1, 0.15) is 35.8 Å². The largest absolute Gasteiger partial charge is 0.336 e. The predicted molar refractivity (Wildman–Crippen MR) is 66.1 cm³/mol. The first-order chi connectivity index (χ1) is 8.11. The lowest BCUT2D eigenvalue weighted by Crippen LogP contribution is -2.46. The number of amides is 1. The fraction of sp³-hybridized carbons (Fsp3) is 0.667. The van der Waals surface area contributed by atoms with Crippen LogP contribution in [0.3, 0.4) is 0 Å². The van der Waals surface area contributed by atoms with E-state index in [0.717, 1.165) is 37.4 Å². The molecule has 1 fully saturated rings. The zero-order valence-corrected chi connectivity index (χ0v) is 10.7. The monoisotopic (exact) mass is 236 g/mol. The molecule has 1 aromatic rings. The van der Waals surface area contributed by atoms with Crippen molar-refractivity contribution >= 4 is 5.91 Å². The Bertz CT molecular complexity index is 405. The Kier molecular flexibility index (Phi) is 3.47. The van der Waals surface area contributed by atoms with Crippen LogP contribution in [0.15, 0.2) is 6.20 Å². The van der Waals surface area contributed by atoms with Crippen LogP contribution in [0.5, 0.6) is 0 Å². The zero-order chi connectivity index (χ0) is 12.4. The maximum atomic E-state index is 12.4. The zero-order valence-electron chi connectivity index (χ0n) is 10.7. The summed E-state index contributed by atoms with van der Waals surface area (Å²) >= 11 is 0. The third-order valence-corrected chi connectivity index (χ3v) is 3.17. The molecule has 0 aliphatic carbocycles. The highest BCUT2D eigenvalue weighted by Gasteiger charge is 2.24. The molecule has 5 nitrogen and oxygen atoms in total. The van der Waals surface area contributed by atoms with Crippen LogP contribution in [-0.2, 0) is 7.05 Å². The van der Waals surface area contributed by atoms with Crippen molar-refractivity contribution in [3.8, 4) is 0 Å². The number of nitrogens with one attached hydrogen (secondary N) is 1. The Morgan fingerprint density at radius 3 is 2.65 bits per heavy atom. The van der Waals surface area contributed by atoms with Gasteiger partial charge in [0.2, 0.25) is 0 Å². The van der Waals surface area contributed by atoms with Gasteiger partial charge in [-0.1, -0.05) is 13.8 Å². The van der Waals surface area contributed by atoms with E-state index in [1.807, 2.05) is 11.9 Å². The van der Waals surface area contributed by atoms with Gasteiger partial charge in [0.1, 0.15) is 0 Å². The lowest BCUT2D eigenvalue weighted by Gasteiger charge is -2.27. The van der Waals surface area contributed by atoms with Crippen LogP contribution in [0.25, 0.3) is 0 Å². The van der Waals surface area contributed by atoms with E-state index < -0.39 is 0 Å². The van der Waals surface area contributed by atoms with E-state index in [9.17, 15) is 4.79 Å². The molecule has 0 unspecified atom stereocenters. The van der Waals surface area contributed by atoms with E-state index >= 15 is 0 Å². The van der Waals surface area contributed by atoms with Gasteiger partial charge in [-0.15, -0.1) is 0 Å². The predicted octanol–water partition coefficient (Wildman–Crippen LogP) is 0.589. The molecule has 0 bridgehead atoms. The van der Waals surface area contributed by atoms with Gasteiger partial charge in [-0.25, -0.2) is 0 Å². The number of hydrogen-bond donors (Lipinski definition) is 1. The molecule has 1 aliphatic rings. The SMILES string of the molecule is CC(C)c1c(C(=O)N2CCNCC2)cnn1C. The van der Waals surface area contributed by atoms with Crippen LogP contribution >= 0.6 is 0 Å². The normalized spacial score (nSPS) is 16.6. The van der Waals surface area contributed by atoms with Crippen LogP contribution in [0.4, 0.5) is 0 Å². The minimum Gasteiger partial charge on any atom is -0.336 e. The fourth-order valence-electron chi connectivity index (χ4n) is 2.33. The highest BCUT2D eigenvalue weighted by Crippen LogP contribution is 2.20. The number of piperazine rings is 1. The molecule has 94 valence electrons. The van der Waals surface area contributed by atoms with Crippen molar-refractivity contribution in [3.63, 3.8) is 0 Å². The second kappa shape index (κ2) is 4.87. The molecule has 0 atom stereocenters. The van der Waals surface area contributed by atoms with Crippen LogP contribution < -0.4 is 5.32 Å². The van der Waals surface area contributed by atoms with Crippen molar-refractivity contribution in [2.24, 2.45) is 7.05 Å². The minimum atomic E-state index is 0.114. The lowest BCUT2D eigenvalue weighted by atomic mass is 10.0. The summed E-state index contributed by atoms with van der Waals surface area (Å²) in [5, 5.41) is 7.46. The van der Waals surface area contributed by atoms with Crippen LogP contribution in [-0.4, -0.2) is 46.8 Å². The van der Waals surface area contributed by atoms with Gasteiger partial charge in [-0.3, -0.25) is 9.48 Å². The summed E-state index contributed by atoms with van der Waals surface area (Å²) < 4.78 is 1.81. The van der Waals surface area contributed by atoms with Crippen LogP contribution in [0.2, 0.25) is 0 Å². The van der Waals surface area contributed by atoms with Crippen molar-refractivity contribution in [1.29, 1.82) is 0 Å². The number of carbonyl (C=O) groups is 1. The molecule has 1 N–H and O–H groups in total. The molecule has 0 spiro atoms. The molecule has 2 rings (SSSR count). The molecule has 1 aliphatic heterocycles. The molecule has 0 saturated carbocycles. The average Bonchev–Trinajstić information content (AvgIpc) is 2.71. The standard InChI is InChI=1S/C12H20N4O/c1-9(2)11-10(8-14-15(11)3)12(17)16-6-4-13-5-7-16/h8-9,13H,4-7H2,1-3H3. The second-order valence-corrected chi connectivity index (χ2v) is 4.76. The molecule has 1 amide bonds. The van der Waals surface area contributed by atoms with Gasteiger partial charge in [0.25, 0.3) is 5.91 Å². The summed E-state index contributed by atoms with van der Waals surface area (Å²) in [5.41, 5.74) is 1.78. The highest BCUT2D eigenvalue weighted by atomic mass is 16.2. The maximum Gasteiger partial charge on any atom is 0.257 e. The second-order valence-electron chi connectivity index (χ2n) is 4.76. The third-order valence-electron chi connectivity index (χ3n) is 3.17. The number of aromatic nitrogens is 2. The Labute approximate surface area is 102 Å². The van der Waals surface area contributed by atoms with Crippen molar-refractivity contribution in [3.05, 3.63) is 17.5 Å². The smallest absolute Gasteiger partial charge is 0.257 e. The number of rotatable bonds is 2. The average molecular weight is 236 g/mol. The van der Waals surface area contributed by atoms with Crippen molar-refractivity contribution in [2.45, 2.75) is 19.8 Å². The Morgan fingerprint density at radius 2 is 2.06 bits per heavy atom. The molecule has 1 saturated heterocycles. The first-order valence-corrected chi connectivity index (χ1v) is 6.13. The summed E-state index contributed by atoms with van der Waals surface area (Å²) in [6.45, 7) is 7.50. The van der Waals surface area contributed by atoms with Gasteiger partial charge in [0.15, 0.2) is 0 Å². The van der Waals surface area contributed by atoms with E-state index in [0.29, 0.717) is 5.92 Å². The van der Waals surface area contributed by atoms with E-state index in [1.165, 1.54) is 0 Å². The Hall–Kier alpha value is -1.36. The molecule has 0 radical (unpaired) electrons. The van der Waals surface area contributed by atoms with Crippen molar-refractivity contribution < 1.29 is 4.79 Å². The summed E-state index contributed by atoms with van der Waals surface area (Å²) in [6.07, 6.45) is 1.69. The third kappa shape index (κ3) is 2.34. The Balaban J connectivity index is 2.24. The molecule has 2 heterocycles. The van der Waals surface area contributed by atoms with Gasteiger partial charge in [0, 0.05) is 33.2 Å². The molecule has 0 aromatic carbocycles. The summed E-state index contributed by atoms with van der Waals surface area (Å²) in [7, 11) is 1.89. The van der Waals surface area contributed by atoms with Gasteiger partial charge < -0.3 is 10.2 Å². The summed E-state index contributed by atoms with van der Waals surface area (Å²) in [6, 6.07) is 0. The number of nitrogens with zero attached hydrogens (tertiary/aromatic N) is 3. The van der Waals surface area contributed by atoms with E-state index in [2.05, 4.69) is 24.3 Å². The summed E-state index contributed by atoms with van der Waals surface area (Å²) in [4.78, 5) is 14.3. The first kappa shape index (κ1) is 12.1. The summed E-state index contributed by atoms with van der Waals surface area (Å²) in [5.74, 6) is 0.424. The van der Waals surface area contributed by atoms with Crippen molar-refractivity contribution in [2.75, 3.05) is 26.2 Å². The molecule has 1 aromatic heterocycles. The molecular weight excluding hydrogens is 216 g/mol. The van der Waals surface area contributed by atoms with Gasteiger partial charge in [-0.2, -0.15) is 5.10 Å². The molecule has 5 heteroatoms.